The number of carbonyl (C=O) groups is 1. The molecule has 37 heavy (non-hydrogen) atoms. The maximum atomic E-state index is 13.0. The van der Waals surface area contributed by atoms with E-state index in [1.165, 1.54) is 23.5 Å². The molecule has 0 radical (unpaired) electrons. The minimum atomic E-state index is -3.74. The van der Waals surface area contributed by atoms with E-state index in [1.54, 1.807) is 41.3 Å². The van der Waals surface area contributed by atoms with Crippen LogP contribution in [0.1, 0.15) is 12.5 Å². The van der Waals surface area contributed by atoms with Crippen LogP contribution in [0.15, 0.2) is 83.8 Å². The van der Waals surface area contributed by atoms with Gasteiger partial charge in [0.2, 0.25) is 0 Å². The summed E-state index contributed by atoms with van der Waals surface area (Å²) in [7, 11) is 1.69. The van der Waals surface area contributed by atoms with Gasteiger partial charge in [0.15, 0.2) is 6.61 Å². The number of likely N-dealkylation sites (N-methyl/N-ethyl adjacent to an activating group) is 1. The molecule has 0 bridgehead atoms. The van der Waals surface area contributed by atoms with Crippen LogP contribution in [0, 0.1) is 0 Å². The second kappa shape index (κ2) is 13.1. The first-order valence-electron chi connectivity index (χ1n) is 12.1. The molecule has 0 N–H and O–H groups in total. The maximum absolute atomic E-state index is 13.0. The molecule has 198 valence electrons. The molecule has 0 spiro atoms. The third-order valence-corrected chi connectivity index (χ3v) is 7.54. The van der Waals surface area contributed by atoms with Crippen LogP contribution in [0.4, 0.5) is 5.69 Å². The fourth-order valence-corrected chi connectivity index (χ4v) is 4.77. The summed E-state index contributed by atoms with van der Waals surface area (Å²) in [6, 6.07) is 22.8. The normalized spacial score (nSPS) is 11.3. The molecule has 0 aliphatic rings. The molecule has 0 aliphatic carbocycles. The largest absolute Gasteiger partial charge is 0.494 e. The topological polar surface area (TPSA) is 79.4 Å². The lowest BCUT2D eigenvalue weighted by molar-refractivity contribution is -0.134. The Labute approximate surface area is 220 Å². The van der Waals surface area contributed by atoms with Gasteiger partial charge in [0.05, 0.1) is 17.2 Å². The molecule has 0 heterocycles. The summed E-state index contributed by atoms with van der Waals surface area (Å²) >= 11 is 0. The molecule has 0 fully saturated rings. The zero-order valence-corrected chi connectivity index (χ0v) is 22.6. The van der Waals surface area contributed by atoms with E-state index in [4.69, 9.17) is 9.47 Å². The quantitative estimate of drug-likeness (QED) is 0.337. The summed E-state index contributed by atoms with van der Waals surface area (Å²) in [5.41, 5.74) is 1.53. The monoisotopic (exact) mass is 525 g/mol. The molecule has 3 aromatic rings. The second-order valence-corrected chi connectivity index (χ2v) is 10.7. The lowest BCUT2D eigenvalue weighted by Crippen LogP contribution is -2.38. The Hall–Kier alpha value is -3.56. The van der Waals surface area contributed by atoms with Crippen molar-refractivity contribution < 1.29 is 22.7 Å². The van der Waals surface area contributed by atoms with Crippen molar-refractivity contribution in [3.8, 4) is 11.5 Å². The van der Waals surface area contributed by atoms with Crippen LogP contribution in [0.2, 0.25) is 0 Å². The van der Waals surface area contributed by atoms with Crippen molar-refractivity contribution in [2.24, 2.45) is 0 Å². The number of hydrogen-bond acceptors (Lipinski definition) is 6. The van der Waals surface area contributed by atoms with Crippen LogP contribution in [0.3, 0.4) is 0 Å². The fourth-order valence-electron chi connectivity index (χ4n) is 3.58. The first-order valence-corrected chi connectivity index (χ1v) is 13.6. The van der Waals surface area contributed by atoms with E-state index < -0.39 is 10.0 Å². The predicted molar refractivity (Wildman–Crippen MR) is 146 cm³/mol. The van der Waals surface area contributed by atoms with Crippen LogP contribution in [0.5, 0.6) is 11.5 Å². The van der Waals surface area contributed by atoms with Crippen LogP contribution < -0.4 is 13.8 Å². The Bertz CT molecular complexity index is 1230. The Balaban J connectivity index is 1.63. The highest BCUT2D eigenvalue weighted by atomic mass is 32.2. The standard InChI is InChI=1S/C28H35N3O5S/c1-5-35-25-15-17-27(18-16-25)37(33,34)30(4)24-11-13-26(14-12-24)36-22-28(32)31(20-19-29(2)3)21-23-9-7-6-8-10-23/h6-18H,5,19-22H2,1-4H3. The van der Waals surface area contributed by atoms with Crippen LogP contribution in [0.25, 0.3) is 0 Å². The van der Waals surface area contributed by atoms with Gasteiger partial charge in [-0.15, -0.1) is 0 Å². The fraction of sp³-hybridized carbons (Fsp3) is 0.321. The number of anilines is 1. The number of carbonyl (C=O) groups excluding carboxylic acids is 1. The van der Waals surface area contributed by atoms with Crippen molar-refractivity contribution in [3.05, 3.63) is 84.4 Å². The average molecular weight is 526 g/mol. The van der Waals surface area contributed by atoms with Crippen LogP contribution in [-0.2, 0) is 21.4 Å². The molecule has 8 nitrogen and oxygen atoms in total. The van der Waals surface area contributed by atoms with Gasteiger partial charge in [0, 0.05) is 26.7 Å². The number of hydrogen-bond donors (Lipinski definition) is 0. The van der Waals surface area contributed by atoms with Crippen molar-refractivity contribution in [2.75, 3.05) is 51.8 Å². The highest BCUT2D eigenvalue weighted by Crippen LogP contribution is 2.25. The summed E-state index contributed by atoms with van der Waals surface area (Å²) < 4.78 is 38.4. The highest BCUT2D eigenvalue weighted by Gasteiger charge is 2.21. The van der Waals surface area contributed by atoms with E-state index in [-0.39, 0.29) is 17.4 Å². The van der Waals surface area contributed by atoms with E-state index in [1.807, 2.05) is 56.3 Å². The van der Waals surface area contributed by atoms with Gasteiger partial charge in [-0.2, -0.15) is 0 Å². The van der Waals surface area contributed by atoms with E-state index in [0.717, 1.165) is 12.1 Å². The summed E-state index contributed by atoms with van der Waals surface area (Å²) in [6.07, 6.45) is 0. The Kier molecular flexibility index (Phi) is 9.93. The minimum absolute atomic E-state index is 0.111. The lowest BCUT2D eigenvalue weighted by Gasteiger charge is -2.25. The summed E-state index contributed by atoms with van der Waals surface area (Å²) in [4.78, 5) is 16.9. The van der Waals surface area contributed by atoms with Gasteiger partial charge in [-0.05, 0) is 75.1 Å². The Morgan fingerprint density at radius 1 is 0.784 bits per heavy atom. The van der Waals surface area contributed by atoms with Crippen molar-refractivity contribution in [1.82, 2.24) is 9.80 Å². The predicted octanol–water partition coefficient (Wildman–Crippen LogP) is 3.88. The number of ether oxygens (including phenoxy) is 2. The van der Waals surface area contributed by atoms with E-state index >= 15 is 0 Å². The summed E-state index contributed by atoms with van der Waals surface area (Å²) in [5.74, 6) is 0.977. The first-order chi connectivity index (χ1) is 17.7. The molecule has 3 rings (SSSR count). The van der Waals surface area contributed by atoms with Gasteiger partial charge in [-0.1, -0.05) is 30.3 Å². The SMILES string of the molecule is CCOc1ccc(S(=O)(=O)N(C)c2ccc(OCC(=O)N(CCN(C)C)Cc3ccccc3)cc2)cc1. The first kappa shape index (κ1) is 28.0. The van der Waals surface area contributed by atoms with E-state index in [9.17, 15) is 13.2 Å². The van der Waals surface area contributed by atoms with Crippen molar-refractivity contribution in [3.63, 3.8) is 0 Å². The van der Waals surface area contributed by atoms with Gasteiger partial charge in [-0.3, -0.25) is 9.10 Å². The Morgan fingerprint density at radius 3 is 1.97 bits per heavy atom. The maximum Gasteiger partial charge on any atom is 0.264 e. The Morgan fingerprint density at radius 2 is 1.38 bits per heavy atom. The van der Waals surface area contributed by atoms with Crippen molar-refractivity contribution in [2.45, 2.75) is 18.4 Å². The van der Waals surface area contributed by atoms with Crippen molar-refractivity contribution in [1.29, 1.82) is 0 Å². The highest BCUT2D eigenvalue weighted by molar-refractivity contribution is 7.92. The molecule has 0 aliphatic heterocycles. The van der Waals surface area contributed by atoms with Crippen LogP contribution in [-0.4, -0.2) is 71.6 Å². The minimum Gasteiger partial charge on any atom is -0.494 e. The van der Waals surface area contributed by atoms with E-state index in [2.05, 4.69) is 0 Å². The molecular formula is C28H35N3O5S. The van der Waals surface area contributed by atoms with Crippen LogP contribution >= 0.6 is 0 Å². The van der Waals surface area contributed by atoms with Gasteiger partial charge >= 0.3 is 0 Å². The third-order valence-electron chi connectivity index (χ3n) is 5.74. The number of sulfonamides is 1. The average Bonchev–Trinajstić information content (AvgIpc) is 2.90. The molecule has 0 atom stereocenters. The number of rotatable bonds is 13. The zero-order valence-electron chi connectivity index (χ0n) is 21.8. The van der Waals surface area contributed by atoms with Crippen molar-refractivity contribution >= 4 is 21.6 Å². The number of amides is 1. The molecule has 3 aromatic carbocycles. The molecular weight excluding hydrogens is 490 g/mol. The van der Waals surface area contributed by atoms with E-state index in [0.29, 0.717) is 36.9 Å². The lowest BCUT2D eigenvalue weighted by atomic mass is 10.2. The third kappa shape index (κ3) is 7.96. The molecule has 1 amide bonds. The molecule has 0 saturated carbocycles. The zero-order chi connectivity index (χ0) is 26.8. The molecule has 0 saturated heterocycles. The van der Waals surface area contributed by atoms with Gasteiger partial charge in [0.1, 0.15) is 11.5 Å². The van der Waals surface area contributed by atoms with Gasteiger partial charge < -0.3 is 19.3 Å². The molecule has 9 heteroatoms. The van der Waals surface area contributed by atoms with Gasteiger partial charge in [-0.25, -0.2) is 8.42 Å². The van der Waals surface area contributed by atoms with Gasteiger partial charge in [0.25, 0.3) is 15.9 Å². The molecule has 0 unspecified atom stereocenters. The summed E-state index contributed by atoms with van der Waals surface area (Å²) in [6.45, 7) is 4.09. The molecule has 0 aromatic heterocycles. The number of benzene rings is 3. The number of nitrogens with zero attached hydrogens (tertiary/aromatic N) is 3. The summed E-state index contributed by atoms with van der Waals surface area (Å²) in [5, 5.41) is 0. The smallest absolute Gasteiger partial charge is 0.264 e. The second-order valence-electron chi connectivity index (χ2n) is 8.76.